The monoisotopic (exact) mass is 409 g/mol. The van der Waals surface area contributed by atoms with Crippen LogP contribution >= 0.6 is 11.8 Å². The summed E-state index contributed by atoms with van der Waals surface area (Å²) in [5.41, 5.74) is 2.33. The van der Waals surface area contributed by atoms with Crippen molar-refractivity contribution in [3.05, 3.63) is 48.5 Å². The molecule has 2 aliphatic rings. The maximum atomic E-state index is 12.9. The van der Waals surface area contributed by atoms with Gasteiger partial charge in [-0.2, -0.15) is 0 Å². The summed E-state index contributed by atoms with van der Waals surface area (Å²) < 4.78 is 0. The second-order valence-corrected chi connectivity index (χ2v) is 8.62. The molecule has 0 saturated carbocycles. The summed E-state index contributed by atoms with van der Waals surface area (Å²) in [4.78, 5) is 31.3. The first-order valence-electron chi connectivity index (χ1n) is 10.4. The van der Waals surface area contributed by atoms with E-state index in [1.807, 2.05) is 24.0 Å². The van der Waals surface area contributed by atoms with Gasteiger partial charge < -0.3 is 15.1 Å². The number of nitrogens with one attached hydrogen (secondary N) is 1. The Kier molecular flexibility index (Phi) is 6.09. The molecule has 2 amide bonds. The van der Waals surface area contributed by atoms with Gasteiger partial charge in [-0.05, 0) is 37.1 Å². The van der Waals surface area contributed by atoms with Crippen molar-refractivity contribution in [2.45, 2.75) is 48.4 Å². The second kappa shape index (κ2) is 8.91. The molecule has 0 aliphatic carbocycles. The summed E-state index contributed by atoms with van der Waals surface area (Å²) in [6.07, 6.45) is 2.82. The minimum Gasteiger partial charge on any atom is -0.352 e. The summed E-state index contributed by atoms with van der Waals surface area (Å²) in [6, 6.07) is 16.8. The van der Waals surface area contributed by atoms with Gasteiger partial charge in [-0.1, -0.05) is 43.0 Å². The van der Waals surface area contributed by atoms with Crippen molar-refractivity contribution in [3.63, 3.8) is 0 Å². The lowest BCUT2D eigenvalue weighted by atomic mass is 10.0. The van der Waals surface area contributed by atoms with Crippen LogP contribution in [0.15, 0.2) is 58.3 Å². The smallest absolute Gasteiger partial charge is 0.224 e. The van der Waals surface area contributed by atoms with Crippen LogP contribution in [0.3, 0.4) is 0 Å². The summed E-state index contributed by atoms with van der Waals surface area (Å²) in [6.45, 7) is 3.90. The van der Waals surface area contributed by atoms with Crippen molar-refractivity contribution in [2.75, 3.05) is 24.5 Å². The average Bonchev–Trinajstić information content (AvgIpc) is 2.76. The fourth-order valence-electron chi connectivity index (χ4n) is 4.04. The fourth-order valence-corrected chi connectivity index (χ4v) is 5.13. The molecule has 0 bridgehead atoms. The molecule has 0 radical (unpaired) electrons. The zero-order valence-electron chi connectivity index (χ0n) is 16.8. The van der Waals surface area contributed by atoms with Crippen molar-refractivity contribution in [3.8, 4) is 0 Å². The van der Waals surface area contributed by atoms with Gasteiger partial charge in [0.25, 0.3) is 0 Å². The molecule has 2 aromatic rings. The fraction of sp³-hybridized carbons (Fsp3) is 0.391. The molecule has 4 rings (SSSR count). The Balaban J connectivity index is 1.44. The van der Waals surface area contributed by atoms with E-state index in [9.17, 15) is 9.59 Å². The first-order chi connectivity index (χ1) is 14.2. The van der Waals surface area contributed by atoms with Crippen molar-refractivity contribution in [2.24, 2.45) is 0 Å². The number of para-hydroxylation sites is 2. The highest BCUT2D eigenvalue weighted by Crippen LogP contribution is 2.47. The van der Waals surface area contributed by atoms with Crippen LogP contribution in [0, 0.1) is 0 Å². The standard InChI is InChI=1S/C23H27N3O2S/c1-2-22(27)24-17-8-7-14-25(16-17)23(28)13-15-26-18-9-3-5-11-20(18)29-21-12-6-4-10-19(21)26/h3-6,9-12,17H,2,7-8,13-16H2,1H3,(H,24,27). The number of carbonyl (C=O) groups excluding carboxylic acids is 2. The molecule has 1 fully saturated rings. The molecular formula is C23H27N3O2S. The van der Waals surface area contributed by atoms with Gasteiger partial charge in [0, 0.05) is 48.3 Å². The third-order valence-corrected chi connectivity index (χ3v) is 6.67. The van der Waals surface area contributed by atoms with Crippen molar-refractivity contribution < 1.29 is 9.59 Å². The summed E-state index contributed by atoms with van der Waals surface area (Å²) in [5.74, 6) is 0.219. The van der Waals surface area contributed by atoms with E-state index in [0.717, 1.165) is 30.8 Å². The Labute approximate surface area is 176 Å². The van der Waals surface area contributed by atoms with Crippen LogP contribution in [-0.4, -0.2) is 42.4 Å². The van der Waals surface area contributed by atoms with Gasteiger partial charge >= 0.3 is 0 Å². The molecule has 2 aliphatic heterocycles. The molecule has 5 nitrogen and oxygen atoms in total. The minimum atomic E-state index is 0.0586. The van der Waals surface area contributed by atoms with Crippen LogP contribution in [0.2, 0.25) is 0 Å². The molecule has 2 aromatic carbocycles. The topological polar surface area (TPSA) is 52.7 Å². The van der Waals surface area contributed by atoms with E-state index in [2.05, 4.69) is 46.6 Å². The van der Waals surface area contributed by atoms with Crippen LogP contribution in [0.25, 0.3) is 0 Å². The SMILES string of the molecule is CCC(=O)NC1CCCN(C(=O)CCN2c3ccccc3Sc3ccccc32)C1. The quantitative estimate of drug-likeness (QED) is 0.804. The lowest BCUT2D eigenvalue weighted by Crippen LogP contribution is -2.49. The first-order valence-corrected chi connectivity index (χ1v) is 11.2. The maximum Gasteiger partial charge on any atom is 0.224 e. The van der Waals surface area contributed by atoms with E-state index in [1.54, 1.807) is 11.8 Å². The number of fused-ring (bicyclic) bond motifs is 2. The molecule has 29 heavy (non-hydrogen) atoms. The van der Waals surface area contributed by atoms with E-state index >= 15 is 0 Å². The molecule has 1 N–H and O–H groups in total. The molecule has 2 heterocycles. The molecule has 1 atom stereocenters. The van der Waals surface area contributed by atoms with Crippen LogP contribution in [0.4, 0.5) is 11.4 Å². The van der Waals surface area contributed by atoms with Gasteiger partial charge in [0.1, 0.15) is 0 Å². The van der Waals surface area contributed by atoms with Crippen LogP contribution in [0.1, 0.15) is 32.6 Å². The normalized spacial score (nSPS) is 18.0. The van der Waals surface area contributed by atoms with Gasteiger partial charge in [-0.3, -0.25) is 9.59 Å². The number of piperidine rings is 1. The van der Waals surface area contributed by atoms with E-state index < -0.39 is 0 Å². The van der Waals surface area contributed by atoms with E-state index in [-0.39, 0.29) is 17.9 Å². The molecule has 1 saturated heterocycles. The van der Waals surface area contributed by atoms with Crippen LogP contribution in [-0.2, 0) is 9.59 Å². The van der Waals surface area contributed by atoms with Crippen molar-refractivity contribution in [1.82, 2.24) is 10.2 Å². The number of anilines is 2. The second-order valence-electron chi connectivity index (χ2n) is 7.54. The zero-order valence-corrected chi connectivity index (χ0v) is 17.6. The minimum absolute atomic E-state index is 0.0586. The summed E-state index contributed by atoms with van der Waals surface area (Å²) in [5, 5.41) is 3.04. The Morgan fingerprint density at radius 2 is 1.72 bits per heavy atom. The lowest BCUT2D eigenvalue weighted by Gasteiger charge is -2.35. The first kappa shape index (κ1) is 19.8. The van der Waals surface area contributed by atoms with Gasteiger partial charge in [0.05, 0.1) is 11.4 Å². The third-order valence-electron chi connectivity index (χ3n) is 5.54. The third kappa shape index (κ3) is 4.42. The van der Waals surface area contributed by atoms with Crippen molar-refractivity contribution >= 4 is 35.0 Å². The zero-order chi connectivity index (χ0) is 20.2. The highest BCUT2D eigenvalue weighted by Gasteiger charge is 2.27. The number of hydrogen-bond acceptors (Lipinski definition) is 4. The Morgan fingerprint density at radius 3 is 2.38 bits per heavy atom. The number of benzene rings is 2. The Morgan fingerprint density at radius 1 is 1.07 bits per heavy atom. The Hall–Kier alpha value is -2.47. The van der Waals surface area contributed by atoms with E-state index in [0.29, 0.717) is 25.9 Å². The molecule has 0 spiro atoms. The Bertz CT molecular complexity index is 856. The van der Waals surface area contributed by atoms with Crippen molar-refractivity contribution in [1.29, 1.82) is 0 Å². The van der Waals surface area contributed by atoms with E-state index in [4.69, 9.17) is 0 Å². The number of nitrogens with zero attached hydrogens (tertiary/aromatic N) is 2. The number of rotatable bonds is 5. The number of carbonyl (C=O) groups is 2. The maximum absolute atomic E-state index is 12.9. The number of likely N-dealkylation sites (tertiary alicyclic amines) is 1. The van der Waals surface area contributed by atoms with Crippen LogP contribution in [0.5, 0.6) is 0 Å². The average molecular weight is 410 g/mol. The summed E-state index contributed by atoms with van der Waals surface area (Å²) >= 11 is 1.78. The highest BCUT2D eigenvalue weighted by molar-refractivity contribution is 7.99. The molecule has 1 unspecified atom stereocenters. The van der Waals surface area contributed by atoms with Gasteiger partial charge in [0.15, 0.2) is 0 Å². The predicted octanol–water partition coefficient (Wildman–Crippen LogP) is 4.20. The summed E-state index contributed by atoms with van der Waals surface area (Å²) in [7, 11) is 0. The highest BCUT2D eigenvalue weighted by atomic mass is 32.2. The predicted molar refractivity (Wildman–Crippen MR) is 117 cm³/mol. The number of hydrogen-bond donors (Lipinski definition) is 1. The van der Waals surface area contributed by atoms with Crippen LogP contribution < -0.4 is 10.2 Å². The molecule has 0 aromatic heterocycles. The molecule has 152 valence electrons. The molecule has 6 heteroatoms. The number of amides is 2. The van der Waals surface area contributed by atoms with Gasteiger partial charge in [-0.15, -0.1) is 0 Å². The van der Waals surface area contributed by atoms with E-state index in [1.165, 1.54) is 9.79 Å². The molecular weight excluding hydrogens is 382 g/mol. The van der Waals surface area contributed by atoms with Gasteiger partial charge in [-0.25, -0.2) is 0 Å². The lowest BCUT2D eigenvalue weighted by molar-refractivity contribution is -0.133. The van der Waals surface area contributed by atoms with Gasteiger partial charge in [0.2, 0.25) is 11.8 Å². The largest absolute Gasteiger partial charge is 0.352 e.